The van der Waals surface area contributed by atoms with Crippen LogP contribution in [-0.2, 0) is 30.5 Å². The number of rotatable bonds is 3. The topological polar surface area (TPSA) is 47.4 Å². The smallest absolute Gasteiger partial charge is 0.274 e. The van der Waals surface area contributed by atoms with E-state index in [0.717, 1.165) is 25.7 Å². The van der Waals surface area contributed by atoms with Crippen LogP contribution >= 0.6 is 0 Å². The molecule has 0 saturated carbocycles. The van der Waals surface area contributed by atoms with Gasteiger partial charge in [-0.1, -0.05) is 6.07 Å². The molecular weight excluding hydrogens is 290 g/mol. The molecule has 0 atom stereocenters. The van der Waals surface area contributed by atoms with Crippen molar-refractivity contribution in [2.24, 2.45) is 0 Å². The van der Waals surface area contributed by atoms with E-state index >= 15 is 0 Å². The molecule has 2 aliphatic carbocycles. The van der Waals surface area contributed by atoms with E-state index in [4.69, 9.17) is 4.84 Å². The van der Waals surface area contributed by atoms with Crippen LogP contribution in [-0.4, -0.2) is 34.9 Å². The summed E-state index contributed by atoms with van der Waals surface area (Å²) in [5.74, 6) is -0.178. The van der Waals surface area contributed by atoms with Crippen LogP contribution in [0, 0.1) is 0 Å². The average molecular weight is 311 g/mol. The lowest BCUT2D eigenvalue weighted by molar-refractivity contribution is -0.0757. The van der Waals surface area contributed by atoms with Gasteiger partial charge in [0.15, 0.2) is 0 Å². The molecular formula is C18H21N3O2. The molecule has 0 unspecified atom stereocenters. The van der Waals surface area contributed by atoms with Crippen LogP contribution in [0.5, 0.6) is 0 Å². The van der Waals surface area contributed by atoms with E-state index < -0.39 is 0 Å². The second-order valence-corrected chi connectivity index (χ2v) is 6.37. The predicted octanol–water partition coefficient (Wildman–Crippen LogP) is 2.48. The van der Waals surface area contributed by atoms with Gasteiger partial charge in [-0.15, -0.1) is 0 Å². The first kappa shape index (κ1) is 14.5. The number of fused-ring (bicyclic) bond motifs is 2. The van der Waals surface area contributed by atoms with Crippen LogP contribution < -0.4 is 0 Å². The Morgan fingerprint density at radius 3 is 2.43 bits per heavy atom. The maximum atomic E-state index is 12.2. The van der Waals surface area contributed by atoms with Gasteiger partial charge >= 0.3 is 0 Å². The number of carbonyl (C=O) groups excluding carboxylic acids is 1. The fraction of sp³-hybridized carbons (Fsp3) is 0.444. The third-order valence-corrected chi connectivity index (χ3v) is 5.06. The van der Waals surface area contributed by atoms with E-state index in [9.17, 15) is 4.79 Å². The largest absolute Gasteiger partial charge is 0.280 e. The van der Waals surface area contributed by atoms with Crippen LogP contribution in [0.4, 0.5) is 0 Å². The summed E-state index contributed by atoms with van der Waals surface area (Å²) in [5.41, 5.74) is 7.57. The van der Waals surface area contributed by atoms with Gasteiger partial charge in [0.2, 0.25) is 0 Å². The number of aromatic nitrogens is 2. The van der Waals surface area contributed by atoms with Crippen molar-refractivity contribution in [3.63, 3.8) is 0 Å². The Labute approximate surface area is 135 Å². The van der Waals surface area contributed by atoms with Crippen molar-refractivity contribution < 1.29 is 9.63 Å². The third kappa shape index (κ3) is 2.27. The maximum absolute atomic E-state index is 12.2. The molecule has 0 radical (unpaired) electrons. The number of hydroxylamine groups is 2. The van der Waals surface area contributed by atoms with Crippen LogP contribution in [0.25, 0.3) is 5.69 Å². The highest BCUT2D eigenvalue weighted by Crippen LogP contribution is 2.37. The molecule has 0 bridgehead atoms. The summed E-state index contributed by atoms with van der Waals surface area (Å²) in [5, 5.41) is 5.72. The van der Waals surface area contributed by atoms with Crippen molar-refractivity contribution in [2.45, 2.75) is 38.5 Å². The van der Waals surface area contributed by atoms with Gasteiger partial charge in [0.25, 0.3) is 5.91 Å². The number of hydrogen-bond donors (Lipinski definition) is 0. The second-order valence-electron chi connectivity index (χ2n) is 6.37. The minimum Gasteiger partial charge on any atom is -0.274 e. The molecule has 1 heterocycles. The standard InChI is InChI=1S/C18H21N3O2/c1-20(23-2)18(22)14-10-19-21(11-14)17-15-7-3-5-12(15)9-13-6-4-8-16(13)17/h9-11H,3-8H2,1-2H3. The van der Waals surface area contributed by atoms with Gasteiger partial charge in [0.1, 0.15) is 0 Å². The molecule has 5 heteroatoms. The Morgan fingerprint density at radius 1 is 1.17 bits per heavy atom. The highest BCUT2D eigenvalue weighted by Gasteiger charge is 2.26. The molecule has 0 spiro atoms. The molecule has 0 aliphatic heterocycles. The zero-order chi connectivity index (χ0) is 16.0. The first-order valence-electron chi connectivity index (χ1n) is 8.22. The first-order valence-corrected chi connectivity index (χ1v) is 8.22. The molecule has 2 aromatic rings. The van der Waals surface area contributed by atoms with E-state index in [0.29, 0.717) is 5.56 Å². The minimum atomic E-state index is -0.178. The monoisotopic (exact) mass is 311 g/mol. The molecule has 23 heavy (non-hydrogen) atoms. The average Bonchev–Trinajstić information content (AvgIpc) is 3.29. The van der Waals surface area contributed by atoms with Crippen molar-refractivity contribution in [3.8, 4) is 5.69 Å². The van der Waals surface area contributed by atoms with Gasteiger partial charge in [-0.2, -0.15) is 5.10 Å². The zero-order valence-corrected chi connectivity index (χ0v) is 13.6. The summed E-state index contributed by atoms with van der Waals surface area (Å²) in [7, 11) is 3.09. The minimum absolute atomic E-state index is 0.178. The van der Waals surface area contributed by atoms with E-state index in [2.05, 4.69) is 11.2 Å². The van der Waals surface area contributed by atoms with Crippen LogP contribution in [0.1, 0.15) is 45.5 Å². The summed E-state index contributed by atoms with van der Waals surface area (Å²) in [4.78, 5) is 17.2. The lowest BCUT2D eigenvalue weighted by Gasteiger charge is -2.15. The van der Waals surface area contributed by atoms with Gasteiger partial charge in [0, 0.05) is 13.2 Å². The van der Waals surface area contributed by atoms with E-state index in [-0.39, 0.29) is 5.91 Å². The van der Waals surface area contributed by atoms with Crippen molar-refractivity contribution in [3.05, 3.63) is 46.3 Å². The Hall–Kier alpha value is -2.14. The molecule has 120 valence electrons. The number of carbonyl (C=O) groups is 1. The van der Waals surface area contributed by atoms with Crippen LogP contribution in [0.3, 0.4) is 0 Å². The molecule has 4 rings (SSSR count). The molecule has 1 amide bonds. The normalized spacial score (nSPS) is 15.6. The Balaban J connectivity index is 1.80. The highest BCUT2D eigenvalue weighted by atomic mass is 16.7. The van der Waals surface area contributed by atoms with E-state index in [1.165, 1.54) is 53.0 Å². The molecule has 2 aliphatic rings. The van der Waals surface area contributed by atoms with E-state index in [1.807, 2.05) is 10.9 Å². The van der Waals surface area contributed by atoms with Crippen molar-refractivity contribution in [1.29, 1.82) is 0 Å². The molecule has 1 aromatic carbocycles. The van der Waals surface area contributed by atoms with Gasteiger partial charge in [-0.05, 0) is 60.8 Å². The molecule has 1 aromatic heterocycles. The molecule has 0 saturated heterocycles. The van der Waals surface area contributed by atoms with Gasteiger partial charge < -0.3 is 0 Å². The number of benzene rings is 1. The lowest BCUT2D eigenvalue weighted by atomic mass is 9.99. The van der Waals surface area contributed by atoms with Crippen molar-refractivity contribution >= 4 is 5.91 Å². The summed E-state index contributed by atoms with van der Waals surface area (Å²) in [6.07, 6.45) is 10.4. The Bertz CT molecular complexity index is 747. The maximum Gasteiger partial charge on any atom is 0.280 e. The predicted molar refractivity (Wildman–Crippen MR) is 86.7 cm³/mol. The number of aryl methyl sites for hydroxylation is 2. The van der Waals surface area contributed by atoms with Crippen LogP contribution in [0.2, 0.25) is 0 Å². The first-order chi connectivity index (χ1) is 11.2. The summed E-state index contributed by atoms with van der Waals surface area (Å²) in [6.45, 7) is 0. The summed E-state index contributed by atoms with van der Waals surface area (Å²) in [6, 6.07) is 2.41. The Morgan fingerprint density at radius 2 is 1.83 bits per heavy atom. The van der Waals surface area contributed by atoms with Crippen molar-refractivity contribution in [2.75, 3.05) is 14.2 Å². The fourth-order valence-corrected chi connectivity index (χ4v) is 3.88. The second kappa shape index (κ2) is 5.49. The molecule has 0 N–H and O–H groups in total. The number of hydrogen-bond acceptors (Lipinski definition) is 3. The molecule has 5 nitrogen and oxygen atoms in total. The zero-order valence-electron chi connectivity index (χ0n) is 13.6. The third-order valence-electron chi connectivity index (χ3n) is 5.06. The van der Waals surface area contributed by atoms with Gasteiger partial charge in [-0.3, -0.25) is 9.63 Å². The van der Waals surface area contributed by atoms with E-state index in [1.54, 1.807) is 13.2 Å². The molecule has 0 fully saturated rings. The summed E-state index contributed by atoms with van der Waals surface area (Å²) < 4.78 is 1.91. The van der Waals surface area contributed by atoms with Gasteiger partial charge in [-0.25, -0.2) is 9.75 Å². The number of nitrogens with zero attached hydrogens (tertiary/aromatic N) is 3. The Kier molecular flexibility index (Phi) is 3.45. The quantitative estimate of drug-likeness (QED) is 0.818. The summed E-state index contributed by atoms with van der Waals surface area (Å²) >= 11 is 0. The van der Waals surface area contributed by atoms with Gasteiger partial charge in [0.05, 0.1) is 24.6 Å². The fourth-order valence-electron chi connectivity index (χ4n) is 3.88. The highest BCUT2D eigenvalue weighted by molar-refractivity contribution is 5.93. The lowest BCUT2D eigenvalue weighted by Crippen LogP contribution is -2.24. The van der Waals surface area contributed by atoms with Crippen molar-refractivity contribution in [1.82, 2.24) is 14.8 Å². The van der Waals surface area contributed by atoms with Crippen LogP contribution in [0.15, 0.2) is 18.5 Å². The SMILES string of the molecule is CON(C)C(=O)c1cnn(-c2c3c(cc4c2CCC4)CCC3)c1. The number of amides is 1.